The van der Waals surface area contributed by atoms with E-state index in [1.807, 2.05) is 55.5 Å². The highest BCUT2D eigenvalue weighted by Crippen LogP contribution is 2.26. The Labute approximate surface area is 140 Å². The molecule has 0 saturated carbocycles. The molecule has 0 spiro atoms. The number of rotatable bonds is 6. The molecule has 0 aliphatic rings. The number of anilines is 1. The van der Waals surface area contributed by atoms with E-state index in [1.165, 1.54) is 0 Å². The van der Waals surface area contributed by atoms with E-state index in [-0.39, 0.29) is 12.5 Å². The number of para-hydroxylation sites is 3. The zero-order valence-electron chi connectivity index (χ0n) is 13.4. The summed E-state index contributed by atoms with van der Waals surface area (Å²) >= 11 is 0. The third-order valence-corrected chi connectivity index (χ3v) is 3.38. The number of aromatic nitrogens is 1. The second-order valence-corrected chi connectivity index (χ2v) is 5.13. The second-order valence-electron chi connectivity index (χ2n) is 5.13. The number of nitrogens with one attached hydrogen (secondary N) is 1. The van der Waals surface area contributed by atoms with Gasteiger partial charge in [0, 0.05) is 5.39 Å². The second kappa shape index (κ2) is 7.46. The molecule has 1 N–H and O–H groups in total. The zero-order valence-corrected chi connectivity index (χ0v) is 13.4. The summed E-state index contributed by atoms with van der Waals surface area (Å²) in [6.45, 7) is 2.34. The normalized spacial score (nSPS) is 10.4. The number of fused-ring (bicyclic) bond motifs is 1. The highest BCUT2D eigenvalue weighted by Gasteiger charge is 2.08. The largest absolute Gasteiger partial charge is 0.490 e. The van der Waals surface area contributed by atoms with Crippen LogP contribution in [0.25, 0.3) is 10.9 Å². The fourth-order valence-electron chi connectivity index (χ4n) is 2.32. The quantitative estimate of drug-likeness (QED) is 0.752. The summed E-state index contributed by atoms with van der Waals surface area (Å²) in [5.74, 6) is 0.921. The summed E-state index contributed by atoms with van der Waals surface area (Å²) in [5, 5.41) is 3.76. The van der Waals surface area contributed by atoms with Crippen molar-refractivity contribution in [3.05, 3.63) is 60.8 Å². The van der Waals surface area contributed by atoms with Crippen LogP contribution in [0, 0.1) is 0 Å². The monoisotopic (exact) mass is 322 g/mol. The Morgan fingerprint density at radius 3 is 2.54 bits per heavy atom. The number of benzene rings is 2. The molecule has 1 amide bonds. The number of hydrogen-bond acceptors (Lipinski definition) is 4. The maximum atomic E-state index is 12.1. The lowest BCUT2D eigenvalue weighted by Crippen LogP contribution is -2.20. The van der Waals surface area contributed by atoms with Gasteiger partial charge in [0.1, 0.15) is 0 Å². The van der Waals surface area contributed by atoms with Crippen molar-refractivity contribution in [1.82, 2.24) is 4.98 Å². The molecular formula is C19H18N2O3. The SMILES string of the molecule is CCOc1ccccc1OCC(=O)Nc1cnc2ccccc2c1. The Kier molecular flexibility index (Phi) is 4.91. The van der Waals surface area contributed by atoms with Gasteiger partial charge >= 0.3 is 0 Å². The molecule has 0 bridgehead atoms. The summed E-state index contributed by atoms with van der Waals surface area (Å²) in [5.41, 5.74) is 1.53. The summed E-state index contributed by atoms with van der Waals surface area (Å²) in [6, 6.07) is 16.9. The first-order valence-electron chi connectivity index (χ1n) is 7.75. The van der Waals surface area contributed by atoms with Gasteiger partial charge in [-0.15, -0.1) is 0 Å². The maximum absolute atomic E-state index is 12.1. The molecule has 0 atom stereocenters. The van der Waals surface area contributed by atoms with Crippen LogP contribution in [-0.4, -0.2) is 24.1 Å². The van der Waals surface area contributed by atoms with Gasteiger partial charge in [-0.1, -0.05) is 30.3 Å². The van der Waals surface area contributed by atoms with E-state index < -0.39 is 0 Å². The summed E-state index contributed by atoms with van der Waals surface area (Å²) < 4.78 is 11.0. The van der Waals surface area contributed by atoms with E-state index in [2.05, 4.69) is 10.3 Å². The molecule has 0 saturated heterocycles. The van der Waals surface area contributed by atoms with Gasteiger partial charge < -0.3 is 14.8 Å². The molecule has 3 rings (SSSR count). The van der Waals surface area contributed by atoms with Gasteiger partial charge in [0.05, 0.1) is 24.0 Å². The lowest BCUT2D eigenvalue weighted by Gasteiger charge is -2.11. The van der Waals surface area contributed by atoms with Gasteiger partial charge in [0.2, 0.25) is 0 Å². The number of amides is 1. The van der Waals surface area contributed by atoms with Gasteiger partial charge in [0.25, 0.3) is 5.91 Å². The maximum Gasteiger partial charge on any atom is 0.262 e. The Balaban J connectivity index is 1.63. The van der Waals surface area contributed by atoms with Crippen LogP contribution in [0.15, 0.2) is 60.8 Å². The number of nitrogens with zero attached hydrogens (tertiary/aromatic N) is 1. The fraction of sp³-hybridized carbons (Fsp3) is 0.158. The Morgan fingerprint density at radius 1 is 1.04 bits per heavy atom. The van der Waals surface area contributed by atoms with Crippen molar-refractivity contribution in [2.45, 2.75) is 6.92 Å². The van der Waals surface area contributed by atoms with E-state index in [4.69, 9.17) is 9.47 Å². The highest BCUT2D eigenvalue weighted by atomic mass is 16.5. The minimum Gasteiger partial charge on any atom is -0.490 e. The van der Waals surface area contributed by atoms with E-state index in [1.54, 1.807) is 12.3 Å². The molecule has 24 heavy (non-hydrogen) atoms. The van der Waals surface area contributed by atoms with Crippen molar-refractivity contribution in [2.24, 2.45) is 0 Å². The van der Waals surface area contributed by atoms with Crippen LogP contribution in [0.4, 0.5) is 5.69 Å². The van der Waals surface area contributed by atoms with Gasteiger partial charge in [-0.25, -0.2) is 0 Å². The van der Waals surface area contributed by atoms with Gasteiger partial charge in [0.15, 0.2) is 18.1 Å². The molecule has 0 aliphatic heterocycles. The average Bonchev–Trinajstić information content (AvgIpc) is 2.61. The highest BCUT2D eigenvalue weighted by molar-refractivity contribution is 5.94. The van der Waals surface area contributed by atoms with Crippen LogP contribution >= 0.6 is 0 Å². The number of carbonyl (C=O) groups excluding carboxylic acids is 1. The molecule has 0 fully saturated rings. The Morgan fingerprint density at radius 2 is 1.75 bits per heavy atom. The minimum absolute atomic E-state index is 0.100. The number of carbonyl (C=O) groups is 1. The number of pyridine rings is 1. The molecule has 1 aromatic heterocycles. The van der Waals surface area contributed by atoms with Crippen LogP contribution in [-0.2, 0) is 4.79 Å². The van der Waals surface area contributed by atoms with Crippen molar-refractivity contribution in [1.29, 1.82) is 0 Å². The Bertz CT molecular complexity index is 849. The third kappa shape index (κ3) is 3.81. The minimum atomic E-state index is -0.251. The lowest BCUT2D eigenvalue weighted by atomic mass is 10.2. The number of hydrogen-bond donors (Lipinski definition) is 1. The first kappa shape index (κ1) is 15.8. The van der Waals surface area contributed by atoms with E-state index in [9.17, 15) is 4.79 Å². The summed E-state index contributed by atoms with van der Waals surface area (Å²) in [4.78, 5) is 16.4. The van der Waals surface area contributed by atoms with E-state index in [0.29, 0.717) is 23.8 Å². The fourth-order valence-corrected chi connectivity index (χ4v) is 2.32. The van der Waals surface area contributed by atoms with Crippen LogP contribution < -0.4 is 14.8 Å². The number of ether oxygens (including phenoxy) is 2. The molecule has 122 valence electrons. The van der Waals surface area contributed by atoms with Crippen LogP contribution in [0.5, 0.6) is 11.5 Å². The lowest BCUT2D eigenvalue weighted by molar-refractivity contribution is -0.118. The molecule has 0 aliphatic carbocycles. The predicted octanol–water partition coefficient (Wildman–Crippen LogP) is 3.65. The summed E-state index contributed by atoms with van der Waals surface area (Å²) in [6.07, 6.45) is 1.63. The summed E-state index contributed by atoms with van der Waals surface area (Å²) in [7, 11) is 0. The first-order valence-corrected chi connectivity index (χ1v) is 7.75. The molecule has 5 heteroatoms. The molecule has 3 aromatic rings. The van der Waals surface area contributed by atoms with Crippen molar-refractivity contribution < 1.29 is 14.3 Å². The Hall–Kier alpha value is -3.08. The first-order chi connectivity index (χ1) is 11.8. The smallest absolute Gasteiger partial charge is 0.262 e. The molecule has 0 unspecified atom stereocenters. The standard InChI is InChI=1S/C19H18N2O3/c1-2-23-17-9-5-6-10-18(17)24-13-19(22)21-15-11-14-7-3-4-8-16(14)20-12-15/h3-12H,2,13H2,1H3,(H,21,22). The molecular weight excluding hydrogens is 304 g/mol. The zero-order chi connectivity index (χ0) is 16.8. The van der Waals surface area contributed by atoms with Crippen LogP contribution in [0.2, 0.25) is 0 Å². The van der Waals surface area contributed by atoms with Crippen molar-refractivity contribution in [2.75, 3.05) is 18.5 Å². The molecule has 1 heterocycles. The average molecular weight is 322 g/mol. The predicted molar refractivity (Wildman–Crippen MR) is 93.5 cm³/mol. The topological polar surface area (TPSA) is 60.5 Å². The molecule has 2 aromatic carbocycles. The van der Waals surface area contributed by atoms with Crippen molar-refractivity contribution >= 4 is 22.5 Å². The molecule has 0 radical (unpaired) electrons. The molecule has 5 nitrogen and oxygen atoms in total. The van der Waals surface area contributed by atoms with Gasteiger partial charge in [-0.05, 0) is 31.2 Å². The van der Waals surface area contributed by atoms with Crippen LogP contribution in [0.3, 0.4) is 0 Å². The van der Waals surface area contributed by atoms with E-state index in [0.717, 1.165) is 10.9 Å². The van der Waals surface area contributed by atoms with Crippen molar-refractivity contribution in [3.63, 3.8) is 0 Å². The third-order valence-electron chi connectivity index (χ3n) is 3.38. The van der Waals surface area contributed by atoms with Gasteiger partial charge in [-0.2, -0.15) is 0 Å². The van der Waals surface area contributed by atoms with Gasteiger partial charge in [-0.3, -0.25) is 9.78 Å². The van der Waals surface area contributed by atoms with Crippen LogP contribution in [0.1, 0.15) is 6.92 Å². The van der Waals surface area contributed by atoms with Crippen molar-refractivity contribution in [3.8, 4) is 11.5 Å². The van der Waals surface area contributed by atoms with E-state index >= 15 is 0 Å².